The van der Waals surface area contributed by atoms with Gasteiger partial charge in [0.05, 0.1) is 12.2 Å². The second-order valence-corrected chi connectivity index (χ2v) is 5.00. The lowest BCUT2D eigenvalue weighted by molar-refractivity contribution is 0.0940. The zero-order valence-corrected chi connectivity index (χ0v) is 12.1. The molecule has 0 bridgehead atoms. The van der Waals surface area contributed by atoms with Crippen molar-refractivity contribution < 1.29 is 4.79 Å². The van der Waals surface area contributed by atoms with Gasteiger partial charge in [-0.15, -0.1) is 0 Å². The third-order valence-corrected chi connectivity index (χ3v) is 3.30. The van der Waals surface area contributed by atoms with Gasteiger partial charge in [0.1, 0.15) is 11.4 Å². The van der Waals surface area contributed by atoms with Crippen LogP contribution in [0.4, 0.5) is 0 Å². The summed E-state index contributed by atoms with van der Waals surface area (Å²) < 4.78 is 1.67. The molecule has 3 rings (SSSR count). The highest BCUT2D eigenvalue weighted by molar-refractivity contribution is 5.99. The molecule has 108 valence electrons. The number of hydrogen-bond acceptors (Lipinski definition) is 4. The van der Waals surface area contributed by atoms with Crippen LogP contribution in [0.2, 0.25) is 0 Å². The first-order chi connectivity index (χ1) is 10.1. The molecule has 0 aliphatic rings. The van der Waals surface area contributed by atoms with Crippen LogP contribution in [-0.2, 0) is 0 Å². The van der Waals surface area contributed by atoms with Crippen molar-refractivity contribution in [1.29, 1.82) is 0 Å². The molecule has 1 amide bonds. The molecule has 0 aromatic carbocycles. The highest BCUT2D eigenvalue weighted by atomic mass is 16.1. The fraction of sp³-hybridized carbons (Fsp3) is 0.286. The van der Waals surface area contributed by atoms with Gasteiger partial charge in [-0.1, -0.05) is 0 Å². The highest BCUT2D eigenvalue weighted by Gasteiger charge is 2.18. The van der Waals surface area contributed by atoms with E-state index in [2.05, 4.69) is 25.4 Å². The number of imidazole rings is 1. The summed E-state index contributed by atoms with van der Waals surface area (Å²) in [5, 5.41) is 7.11. The summed E-state index contributed by atoms with van der Waals surface area (Å²) >= 11 is 0. The van der Waals surface area contributed by atoms with Gasteiger partial charge in [0.2, 0.25) is 0 Å². The van der Waals surface area contributed by atoms with Crippen molar-refractivity contribution in [2.75, 3.05) is 0 Å². The summed E-state index contributed by atoms with van der Waals surface area (Å²) in [5.41, 5.74) is 2.82. The number of nitrogens with zero attached hydrogens (tertiary/aromatic N) is 4. The molecule has 1 unspecified atom stereocenters. The Morgan fingerprint density at radius 3 is 2.95 bits per heavy atom. The minimum absolute atomic E-state index is 0.214. The van der Waals surface area contributed by atoms with E-state index in [-0.39, 0.29) is 11.9 Å². The topological polar surface area (TPSA) is 88.0 Å². The molecule has 0 spiro atoms. The van der Waals surface area contributed by atoms with E-state index in [1.54, 1.807) is 23.1 Å². The molecular formula is C14H16N6O. The second-order valence-electron chi connectivity index (χ2n) is 5.00. The van der Waals surface area contributed by atoms with E-state index in [9.17, 15) is 4.79 Å². The van der Waals surface area contributed by atoms with Crippen LogP contribution in [0, 0.1) is 13.8 Å². The number of aromatic nitrogens is 5. The number of hydrogen-bond donors (Lipinski definition) is 2. The minimum atomic E-state index is -0.216. The van der Waals surface area contributed by atoms with E-state index in [4.69, 9.17) is 0 Å². The molecule has 0 aliphatic carbocycles. The van der Waals surface area contributed by atoms with Gasteiger partial charge in [-0.25, -0.2) is 14.5 Å². The summed E-state index contributed by atoms with van der Waals surface area (Å²) in [6, 6.07) is 1.71. The Kier molecular flexibility index (Phi) is 3.17. The Hall–Kier alpha value is -2.70. The van der Waals surface area contributed by atoms with Gasteiger partial charge in [0.25, 0.3) is 5.91 Å². The fourth-order valence-corrected chi connectivity index (χ4v) is 2.29. The Labute approximate surface area is 121 Å². The number of amides is 1. The van der Waals surface area contributed by atoms with Gasteiger partial charge in [0, 0.05) is 23.8 Å². The van der Waals surface area contributed by atoms with Crippen LogP contribution in [0.3, 0.4) is 0 Å². The molecule has 3 heterocycles. The summed E-state index contributed by atoms with van der Waals surface area (Å²) in [6.45, 7) is 5.70. The molecule has 0 fully saturated rings. The number of aromatic amines is 1. The molecular weight excluding hydrogens is 268 g/mol. The van der Waals surface area contributed by atoms with E-state index in [1.165, 1.54) is 0 Å². The summed E-state index contributed by atoms with van der Waals surface area (Å²) in [6.07, 6.45) is 4.92. The predicted molar refractivity (Wildman–Crippen MR) is 76.9 cm³/mol. The van der Waals surface area contributed by atoms with Gasteiger partial charge in [-0.2, -0.15) is 5.10 Å². The average Bonchev–Trinajstić information content (AvgIpc) is 3.07. The molecule has 0 aliphatic heterocycles. The van der Waals surface area contributed by atoms with Crippen LogP contribution in [-0.4, -0.2) is 30.5 Å². The van der Waals surface area contributed by atoms with Crippen molar-refractivity contribution in [3.8, 4) is 0 Å². The molecule has 0 saturated carbocycles. The molecule has 7 nitrogen and oxygen atoms in total. The fourth-order valence-electron chi connectivity index (χ4n) is 2.29. The molecule has 3 aromatic heterocycles. The number of nitrogens with one attached hydrogen (secondary N) is 2. The lowest BCUT2D eigenvalue weighted by Crippen LogP contribution is -2.27. The van der Waals surface area contributed by atoms with E-state index >= 15 is 0 Å². The average molecular weight is 284 g/mol. The first-order valence-corrected chi connectivity index (χ1v) is 6.68. The number of carbonyl (C=O) groups is 1. The smallest absolute Gasteiger partial charge is 0.257 e. The summed E-state index contributed by atoms with van der Waals surface area (Å²) in [4.78, 5) is 23.9. The van der Waals surface area contributed by atoms with Gasteiger partial charge >= 0.3 is 0 Å². The molecule has 2 N–H and O–H groups in total. The molecule has 1 atom stereocenters. The number of aryl methyl sites for hydroxylation is 2. The van der Waals surface area contributed by atoms with Crippen LogP contribution in [0.5, 0.6) is 0 Å². The largest absolute Gasteiger partial charge is 0.347 e. The molecule has 7 heteroatoms. The maximum atomic E-state index is 12.4. The van der Waals surface area contributed by atoms with Crippen LogP contribution in [0.25, 0.3) is 5.65 Å². The Balaban J connectivity index is 1.92. The maximum absolute atomic E-state index is 12.4. The minimum Gasteiger partial charge on any atom is -0.347 e. The summed E-state index contributed by atoms with van der Waals surface area (Å²) in [5.74, 6) is 0.492. The number of fused-ring (bicyclic) bond motifs is 1. The lowest BCUT2D eigenvalue weighted by atomic mass is 10.2. The van der Waals surface area contributed by atoms with Gasteiger partial charge in [0.15, 0.2) is 5.65 Å². The standard InChI is InChI=1S/C14H16N6O/c1-8-6-9(2)20-13(18-8)11(7-17-20)14(21)19-10(3)12-15-4-5-16-12/h4-7,10H,1-3H3,(H,15,16)(H,19,21). The van der Waals surface area contributed by atoms with E-state index in [1.807, 2.05) is 26.8 Å². The van der Waals surface area contributed by atoms with E-state index < -0.39 is 0 Å². The van der Waals surface area contributed by atoms with Crippen molar-refractivity contribution in [3.63, 3.8) is 0 Å². The van der Waals surface area contributed by atoms with Crippen molar-refractivity contribution in [2.24, 2.45) is 0 Å². The normalized spacial score (nSPS) is 12.5. The third-order valence-electron chi connectivity index (χ3n) is 3.30. The third kappa shape index (κ3) is 2.37. The Morgan fingerprint density at radius 1 is 1.43 bits per heavy atom. The van der Waals surface area contributed by atoms with Crippen molar-refractivity contribution in [2.45, 2.75) is 26.8 Å². The van der Waals surface area contributed by atoms with E-state index in [0.717, 1.165) is 11.4 Å². The van der Waals surface area contributed by atoms with Gasteiger partial charge < -0.3 is 10.3 Å². The number of H-pyrrole nitrogens is 1. The van der Waals surface area contributed by atoms with Crippen molar-refractivity contribution in [3.05, 3.63) is 47.4 Å². The zero-order valence-electron chi connectivity index (χ0n) is 12.1. The molecule has 21 heavy (non-hydrogen) atoms. The van der Waals surface area contributed by atoms with Crippen molar-refractivity contribution in [1.82, 2.24) is 29.9 Å². The van der Waals surface area contributed by atoms with Crippen LogP contribution in [0.15, 0.2) is 24.7 Å². The van der Waals surface area contributed by atoms with Gasteiger partial charge in [-0.05, 0) is 26.8 Å². The van der Waals surface area contributed by atoms with Crippen LogP contribution in [0.1, 0.15) is 40.5 Å². The quantitative estimate of drug-likeness (QED) is 0.764. The maximum Gasteiger partial charge on any atom is 0.257 e. The molecule has 0 radical (unpaired) electrons. The molecule has 3 aromatic rings. The lowest BCUT2D eigenvalue weighted by Gasteiger charge is -2.10. The Bertz CT molecular complexity index is 789. The zero-order chi connectivity index (χ0) is 15.0. The van der Waals surface area contributed by atoms with Crippen LogP contribution < -0.4 is 5.32 Å². The van der Waals surface area contributed by atoms with Crippen molar-refractivity contribution >= 4 is 11.6 Å². The second kappa shape index (κ2) is 5.01. The number of carbonyl (C=O) groups excluding carboxylic acids is 1. The van der Waals surface area contributed by atoms with Gasteiger partial charge in [-0.3, -0.25) is 4.79 Å². The predicted octanol–water partition coefficient (Wildman–Crippen LogP) is 1.56. The molecule has 0 saturated heterocycles. The number of rotatable bonds is 3. The van der Waals surface area contributed by atoms with E-state index in [0.29, 0.717) is 17.0 Å². The first kappa shape index (κ1) is 13.3. The van der Waals surface area contributed by atoms with Crippen LogP contribution >= 0.6 is 0 Å². The monoisotopic (exact) mass is 284 g/mol. The summed E-state index contributed by atoms with van der Waals surface area (Å²) in [7, 11) is 0. The first-order valence-electron chi connectivity index (χ1n) is 6.68. The SMILES string of the molecule is Cc1cc(C)n2ncc(C(=O)NC(C)c3ncc[nH]3)c2n1. The highest BCUT2D eigenvalue weighted by Crippen LogP contribution is 2.13. The Morgan fingerprint density at radius 2 is 2.24 bits per heavy atom.